The molecule has 1 aliphatic carbocycles. The second-order valence-corrected chi connectivity index (χ2v) is 5.41. The van der Waals surface area contributed by atoms with E-state index in [1.807, 2.05) is 13.8 Å². The fraction of sp³-hybridized carbons (Fsp3) is 0.562. The molecular formula is C16H24FN. The Kier molecular flexibility index (Phi) is 5.06. The molecule has 0 aliphatic heterocycles. The average molecular weight is 249 g/mol. The van der Waals surface area contributed by atoms with Crippen LogP contribution in [0.4, 0.5) is 4.39 Å². The first-order valence-electron chi connectivity index (χ1n) is 6.60. The van der Waals surface area contributed by atoms with E-state index in [0.717, 1.165) is 12.0 Å². The predicted octanol–water partition coefficient (Wildman–Crippen LogP) is 4.66. The lowest BCUT2D eigenvalue weighted by Crippen LogP contribution is -2.21. The van der Waals surface area contributed by atoms with Gasteiger partial charge in [-0.2, -0.15) is 0 Å². The summed E-state index contributed by atoms with van der Waals surface area (Å²) in [6.07, 6.45) is 9.00. The summed E-state index contributed by atoms with van der Waals surface area (Å²) in [5.74, 6) is 0.295. The average Bonchev–Trinajstić information content (AvgIpc) is 2.27. The lowest BCUT2D eigenvalue weighted by Gasteiger charge is -2.24. The van der Waals surface area contributed by atoms with Crippen molar-refractivity contribution in [3.05, 3.63) is 34.9 Å². The molecule has 0 heterocycles. The van der Waals surface area contributed by atoms with E-state index in [0.29, 0.717) is 18.0 Å². The van der Waals surface area contributed by atoms with Crippen LogP contribution in [0.2, 0.25) is 0 Å². The number of alkyl halides is 1. The van der Waals surface area contributed by atoms with Crippen LogP contribution < -0.4 is 0 Å². The second-order valence-electron chi connectivity index (χ2n) is 5.41. The van der Waals surface area contributed by atoms with E-state index >= 15 is 0 Å². The van der Waals surface area contributed by atoms with E-state index in [1.54, 1.807) is 20.1 Å². The molecule has 0 aromatic rings. The summed E-state index contributed by atoms with van der Waals surface area (Å²) < 4.78 is 14.3. The zero-order chi connectivity index (χ0) is 13.8. The lowest BCUT2D eigenvalue weighted by molar-refractivity contribution is 0.275. The highest BCUT2D eigenvalue weighted by Gasteiger charge is 2.25. The van der Waals surface area contributed by atoms with Crippen LogP contribution in [0, 0.1) is 5.92 Å². The molecule has 0 saturated heterocycles. The number of hydrogen-bond donors (Lipinski definition) is 0. The number of rotatable bonds is 4. The molecule has 1 nitrogen and oxygen atoms in total. The first kappa shape index (κ1) is 14.9. The Hall–Kier alpha value is -1.18. The molecular weight excluding hydrogens is 225 g/mol. The number of halogens is 1. The van der Waals surface area contributed by atoms with Crippen LogP contribution in [0.5, 0.6) is 0 Å². The van der Waals surface area contributed by atoms with Crippen molar-refractivity contribution >= 4 is 6.21 Å². The smallest absolute Gasteiger partial charge is 0.131 e. The molecule has 0 saturated carbocycles. The third kappa shape index (κ3) is 3.94. The number of nitrogens with zero attached hydrogens (tertiary/aromatic N) is 1. The molecule has 1 rings (SSSR count). The van der Waals surface area contributed by atoms with Crippen molar-refractivity contribution in [2.45, 2.75) is 46.7 Å². The minimum atomic E-state index is -1.34. The van der Waals surface area contributed by atoms with Crippen molar-refractivity contribution in [1.82, 2.24) is 0 Å². The Morgan fingerprint density at radius 1 is 1.56 bits per heavy atom. The molecule has 0 spiro atoms. The molecule has 0 radical (unpaired) electrons. The zero-order valence-corrected chi connectivity index (χ0v) is 12.1. The maximum absolute atomic E-state index is 14.3. The molecule has 0 N–H and O–H groups in total. The summed E-state index contributed by atoms with van der Waals surface area (Å²) in [5.41, 5.74) is 1.80. The Morgan fingerprint density at radius 2 is 2.22 bits per heavy atom. The molecule has 0 bridgehead atoms. The molecule has 0 amide bonds. The molecule has 100 valence electrons. The monoisotopic (exact) mass is 249 g/mol. The van der Waals surface area contributed by atoms with Gasteiger partial charge in [-0.1, -0.05) is 29.4 Å². The van der Waals surface area contributed by atoms with Gasteiger partial charge in [0.2, 0.25) is 0 Å². The van der Waals surface area contributed by atoms with Crippen LogP contribution in [-0.4, -0.2) is 18.4 Å². The number of aliphatic imine (C=N–C) groups is 1. The van der Waals surface area contributed by atoms with Gasteiger partial charge in [0.05, 0.1) is 0 Å². The van der Waals surface area contributed by atoms with Gasteiger partial charge in [-0.3, -0.25) is 4.99 Å². The van der Waals surface area contributed by atoms with Gasteiger partial charge in [0, 0.05) is 24.3 Å². The van der Waals surface area contributed by atoms with Crippen molar-refractivity contribution in [1.29, 1.82) is 0 Å². The van der Waals surface area contributed by atoms with Gasteiger partial charge in [0.1, 0.15) is 5.67 Å². The van der Waals surface area contributed by atoms with Crippen LogP contribution in [0.15, 0.2) is 39.9 Å². The van der Waals surface area contributed by atoms with Crippen LogP contribution in [0.25, 0.3) is 0 Å². The van der Waals surface area contributed by atoms with Gasteiger partial charge in [-0.15, -0.1) is 0 Å². The van der Waals surface area contributed by atoms with Gasteiger partial charge in [-0.05, 0) is 41.0 Å². The first-order chi connectivity index (χ1) is 8.36. The van der Waals surface area contributed by atoms with Crippen LogP contribution in [0.1, 0.15) is 41.0 Å². The SMILES string of the molecule is CCN=C/C(=C(\C)C1C=CC=C(C)C1)C(C)(C)F. The van der Waals surface area contributed by atoms with Gasteiger partial charge >= 0.3 is 0 Å². The topological polar surface area (TPSA) is 12.4 Å². The summed E-state index contributed by atoms with van der Waals surface area (Å²) in [7, 11) is 0. The summed E-state index contributed by atoms with van der Waals surface area (Å²) in [6.45, 7) is 9.98. The van der Waals surface area contributed by atoms with E-state index in [-0.39, 0.29) is 0 Å². The fourth-order valence-electron chi connectivity index (χ4n) is 2.24. The van der Waals surface area contributed by atoms with E-state index < -0.39 is 5.67 Å². The van der Waals surface area contributed by atoms with Gasteiger partial charge < -0.3 is 0 Å². The Labute approximate surface area is 110 Å². The molecule has 2 heteroatoms. The summed E-state index contributed by atoms with van der Waals surface area (Å²) in [6, 6.07) is 0. The Morgan fingerprint density at radius 3 is 2.72 bits per heavy atom. The van der Waals surface area contributed by atoms with Gasteiger partial charge in [-0.25, -0.2) is 4.39 Å². The summed E-state index contributed by atoms with van der Waals surface area (Å²) in [5, 5.41) is 0. The molecule has 18 heavy (non-hydrogen) atoms. The minimum absolute atomic E-state index is 0.295. The highest BCUT2D eigenvalue weighted by molar-refractivity contribution is 5.82. The minimum Gasteiger partial charge on any atom is -0.293 e. The Balaban J connectivity index is 3.08. The highest BCUT2D eigenvalue weighted by Crippen LogP contribution is 2.31. The fourth-order valence-corrected chi connectivity index (χ4v) is 2.24. The standard InChI is InChI=1S/C16H24FN/c1-6-18-11-15(16(4,5)17)13(3)14-9-7-8-12(2)10-14/h7-9,11,14H,6,10H2,1-5H3/b15-13-,18-11?. The molecule has 1 aliphatic rings. The van der Waals surface area contributed by atoms with Crippen molar-refractivity contribution in [2.24, 2.45) is 10.9 Å². The number of hydrogen-bond acceptors (Lipinski definition) is 1. The quantitative estimate of drug-likeness (QED) is 0.642. The zero-order valence-electron chi connectivity index (χ0n) is 12.1. The molecule has 0 aromatic heterocycles. The van der Waals surface area contributed by atoms with Crippen molar-refractivity contribution in [3.63, 3.8) is 0 Å². The maximum Gasteiger partial charge on any atom is 0.131 e. The Bertz CT molecular complexity index is 405. The van der Waals surface area contributed by atoms with E-state index in [4.69, 9.17) is 0 Å². The predicted molar refractivity (Wildman–Crippen MR) is 77.9 cm³/mol. The third-order valence-electron chi connectivity index (χ3n) is 3.29. The van der Waals surface area contributed by atoms with Gasteiger partial charge in [0.15, 0.2) is 0 Å². The maximum atomic E-state index is 14.3. The molecule has 0 fully saturated rings. The summed E-state index contributed by atoms with van der Waals surface area (Å²) >= 11 is 0. The van der Waals surface area contributed by atoms with E-state index in [1.165, 1.54) is 5.57 Å². The molecule has 0 aromatic carbocycles. The lowest BCUT2D eigenvalue weighted by atomic mass is 9.83. The van der Waals surface area contributed by atoms with Crippen molar-refractivity contribution in [3.8, 4) is 0 Å². The van der Waals surface area contributed by atoms with Crippen molar-refractivity contribution < 1.29 is 4.39 Å². The van der Waals surface area contributed by atoms with Crippen LogP contribution >= 0.6 is 0 Å². The van der Waals surface area contributed by atoms with Crippen LogP contribution in [0.3, 0.4) is 0 Å². The highest BCUT2D eigenvalue weighted by atomic mass is 19.1. The van der Waals surface area contributed by atoms with Gasteiger partial charge in [0.25, 0.3) is 0 Å². The molecule has 1 atom stereocenters. The second kappa shape index (κ2) is 6.12. The third-order valence-corrected chi connectivity index (χ3v) is 3.29. The van der Waals surface area contributed by atoms with E-state index in [9.17, 15) is 4.39 Å². The summed E-state index contributed by atoms with van der Waals surface area (Å²) in [4.78, 5) is 4.21. The van der Waals surface area contributed by atoms with Crippen molar-refractivity contribution in [2.75, 3.05) is 6.54 Å². The number of allylic oxidation sites excluding steroid dienone is 6. The molecule has 1 unspecified atom stereocenters. The first-order valence-corrected chi connectivity index (χ1v) is 6.60. The van der Waals surface area contributed by atoms with E-state index in [2.05, 4.69) is 30.1 Å². The largest absolute Gasteiger partial charge is 0.293 e. The van der Waals surface area contributed by atoms with Crippen LogP contribution in [-0.2, 0) is 0 Å². The normalized spacial score (nSPS) is 22.1.